The molecule has 1 aromatic carbocycles. The van der Waals surface area contributed by atoms with Crippen LogP contribution in [0.4, 0.5) is 18.9 Å². The smallest absolute Gasteiger partial charge is 0.416 e. The molecule has 2 bridgehead atoms. The molecule has 0 unspecified atom stereocenters. The van der Waals surface area contributed by atoms with Crippen LogP contribution in [0.15, 0.2) is 36.4 Å². The van der Waals surface area contributed by atoms with E-state index in [0.717, 1.165) is 12.1 Å². The Balaban J connectivity index is 1.71. The molecule has 0 aliphatic carbocycles. The lowest BCUT2D eigenvalue weighted by Crippen LogP contribution is -2.39. The third-order valence-electron chi connectivity index (χ3n) is 5.06. The van der Waals surface area contributed by atoms with Crippen molar-refractivity contribution >= 4 is 17.6 Å². The van der Waals surface area contributed by atoms with Gasteiger partial charge in [0, 0.05) is 5.69 Å². The van der Waals surface area contributed by atoms with Crippen LogP contribution in [0.5, 0.6) is 0 Å². The number of benzene rings is 1. The van der Waals surface area contributed by atoms with Crippen LogP contribution in [-0.4, -0.2) is 37.2 Å². The summed E-state index contributed by atoms with van der Waals surface area (Å²) in [5.41, 5.74) is -1.69. The normalized spacial score (nSPS) is 33.0. The number of hydrogen-bond acceptors (Lipinski definition) is 4. The molecular formula is C17H14F3NO4. The van der Waals surface area contributed by atoms with Gasteiger partial charge in [-0.25, -0.2) is 0 Å². The number of anilines is 1. The first-order valence-electron chi connectivity index (χ1n) is 7.70. The largest absolute Gasteiger partial charge is 0.469 e. The minimum absolute atomic E-state index is 0.0678. The SMILES string of the molecule is COC(=O)[C@@H]1[C@H]2C(=O)N(c3cccc(C(F)(F)F)c3)C[C@@]23C=C[C@H]1O3. The monoisotopic (exact) mass is 353 g/mol. The van der Waals surface area contributed by atoms with E-state index in [1.807, 2.05) is 0 Å². The number of carbonyl (C=O) groups is 2. The average molecular weight is 353 g/mol. The number of rotatable bonds is 2. The number of fused-ring (bicyclic) bond motifs is 1. The predicted molar refractivity (Wildman–Crippen MR) is 79.5 cm³/mol. The third kappa shape index (κ3) is 2.20. The molecule has 0 aromatic heterocycles. The molecule has 1 aromatic rings. The van der Waals surface area contributed by atoms with Crippen molar-refractivity contribution in [2.24, 2.45) is 11.8 Å². The van der Waals surface area contributed by atoms with Crippen molar-refractivity contribution in [1.82, 2.24) is 0 Å². The van der Waals surface area contributed by atoms with Gasteiger partial charge in [0.1, 0.15) is 11.5 Å². The van der Waals surface area contributed by atoms with Crippen LogP contribution >= 0.6 is 0 Å². The number of hydrogen-bond donors (Lipinski definition) is 0. The van der Waals surface area contributed by atoms with Crippen LogP contribution in [0.1, 0.15) is 5.56 Å². The summed E-state index contributed by atoms with van der Waals surface area (Å²) in [7, 11) is 1.23. The van der Waals surface area contributed by atoms with Gasteiger partial charge in [-0.1, -0.05) is 18.2 Å². The molecule has 5 nitrogen and oxygen atoms in total. The summed E-state index contributed by atoms with van der Waals surface area (Å²) in [5.74, 6) is -2.55. The highest BCUT2D eigenvalue weighted by Gasteiger charge is 2.67. The van der Waals surface area contributed by atoms with Gasteiger partial charge in [-0.05, 0) is 18.2 Å². The molecule has 2 saturated heterocycles. The Morgan fingerprint density at radius 1 is 1.40 bits per heavy atom. The maximum atomic E-state index is 12.9. The maximum Gasteiger partial charge on any atom is 0.416 e. The number of amides is 1. The van der Waals surface area contributed by atoms with E-state index in [2.05, 4.69) is 0 Å². The first-order valence-corrected chi connectivity index (χ1v) is 7.70. The predicted octanol–water partition coefficient (Wildman–Crippen LogP) is 2.16. The standard InChI is InChI=1S/C17H14F3NO4/c1-24-15(23)12-11-5-6-16(25-11)8-21(14(22)13(12)16)10-4-2-3-9(7-10)17(18,19)20/h2-7,11-13H,8H2,1H3/t11-,12+,13+,16+/m1/s1. The highest BCUT2D eigenvalue weighted by molar-refractivity contribution is 6.02. The lowest BCUT2D eigenvalue weighted by molar-refractivity contribution is -0.149. The van der Waals surface area contributed by atoms with E-state index in [0.29, 0.717) is 0 Å². The zero-order valence-corrected chi connectivity index (χ0v) is 13.1. The lowest BCUT2D eigenvalue weighted by Gasteiger charge is -2.22. The quantitative estimate of drug-likeness (QED) is 0.604. The average Bonchev–Trinajstić information content (AvgIpc) is 3.22. The van der Waals surface area contributed by atoms with Gasteiger partial charge in [0.25, 0.3) is 0 Å². The van der Waals surface area contributed by atoms with Gasteiger partial charge >= 0.3 is 12.1 Å². The Morgan fingerprint density at radius 2 is 2.16 bits per heavy atom. The van der Waals surface area contributed by atoms with Gasteiger partial charge in [-0.3, -0.25) is 9.59 Å². The fourth-order valence-corrected chi connectivity index (χ4v) is 3.97. The molecule has 3 aliphatic rings. The van der Waals surface area contributed by atoms with Crippen LogP contribution in [0.25, 0.3) is 0 Å². The number of esters is 1. The minimum atomic E-state index is -4.50. The zero-order valence-electron chi connectivity index (χ0n) is 13.1. The Labute approximate surface area is 141 Å². The van der Waals surface area contributed by atoms with Crippen LogP contribution in [0.2, 0.25) is 0 Å². The topological polar surface area (TPSA) is 55.8 Å². The molecule has 25 heavy (non-hydrogen) atoms. The summed E-state index contributed by atoms with van der Waals surface area (Å²) in [4.78, 5) is 26.2. The Morgan fingerprint density at radius 3 is 2.84 bits per heavy atom. The van der Waals surface area contributed by atoms with Crippen molar-refractivity contribution in [1.29, 1.82) is 0 Å². The molecule has 2 fully saturated rings. The number of nitrogens with zero attached hydrogens (tertiary/aromatic N) is 1. The van der Waals surface area contributed by atoms with Crippen molar-refractivity contribution in [3.63, 3.8) is 0 Å². The third-order valence-corrected chi connectivity index (χ3v) is 5.06. The summed E-state index contributed by atoms with van der Waals surface area (Å²) in [5, 5.41) is 0. The van der Waals surface area contributed by atoms with E-state index in [-0.39, 0.29) is 12.2 Å². The van der Waals surface area contributed by atoms with Crippen molar-refractivity contribution in [2.45, 2.75) is 17.9 Å². The second-order valence-electron chi connectivity index (χ2n) is 6.40. The second-order valence-corrected chi connectivity index (χ2v) is 6.40. The summed E-state index contributed by atoms with van der Waals surface area (Å²) in [6, 6.07) is 4.57. The number of alkyl halides is 3. The van der Waals surface area contributed by atoms with Gasteiger partial charge < -0.3 is 14.4 Å². The number of halogens is 3. The highest BCUT2D eigenvalue weighted by atomic mass is 19.4. The molecule has 0 saturated carbocycles. The molecule has 3 heterocycles. The molecule has 1 spiro atoms. The van der Waals surface area contributed by atoms with Gasteiger partial charge in [-0.2, -0.15) is 13.2 Å². The summed E-state index contributed by atoms with van der Waals surface area (Å²) >= 11 is 0. The molecule has 1 amide bonds. The fraction of sp³-hybridized carbons (Fsp3) is 0.412. The first kappa shape index (κ1) is 16.1. The van der Waals surface area contributed by atoms with E-state index in [1.54, 1.807) is 12.2 Å². The van der Waals surface area contributed by atoms with E-state index in [1.165, 1.54) is 24.1 Å². The number of ether oxygens (including phenoxy) is 2. The van der Waals surface area contributed by atoms with Crippen LogP contribution in [0, 0.1) is 11.8 Å². The van der Waals surface area contributed by atoms with Crippen LogP contribution in [0.3, 0.4) is 0 Å². The molecule has 0 radical (unpaired) electrons. The van der Waals surface area contributed by atoms with Gasteiger partial charge in [-0.15, -0.1) is 0 Å². The maximum absolute atomic E-state index is 12.9. The molecular weight excluding hydrogens is 339 g/mol. The van der Waals surface area contributed by atoms with E-state index in [9.17, 15) is 22.8 Å². The van der Waals surface area contributed by atoms with Crippen LogP contribution < -0.4 is 4.90 Å². The Bertz CT molecular complexity index is 790. The molecule has 3 aliphatic heterocycles. The summed E-state index contributed by atoms with van der Waals surface area (Å²) < 4.78 is 49.4. The van der Waals surface area contributed by atoms with E-state index in [4.69, 9.17) is 9.47 Å². The number of carbonyl (C=O) groups excluding carboxylic acids is 2. The molecule has 132 valence electrons. The Hall–Kier alpha value is -2.35. The van der Waals surface area contributed by atoms with Crippen LogP contribution in [-0.2, 0) is 25.2 Å². The van der Waals surface area contributed by atoms with E-state index < -0.39 is 47.2 Å². The lowest BCUT2D eigenvalue weighted by atomic mass is 9.77. The molecule has 8 heteroatoms. The minimum Gasteiger partial charge on any atom is -0.469 e. The molecule has 0 N–H and O–H groups in total. The fourth-order valence-electron chi connectivity index (χ4n) is 3.97. The van der Waals surface area contributed by atoms with Crippen molar-refractivity contribution in [3.8, 4) is 0 Å². The van der Waals surface area contributed by atoms with Crippen molar-refractivity contribution in [2.75, 3.05) is 18.6 Å². The molecule has 4 atom stereocenters. The zero-order chi connectivity index (χ0) is 18.0. The number of methoxy groups -OCH3 is 1. The summed E-state index contributed by atoms with van der Waals surface area (Å²) in [6.45, 7) is 0.0678. The van der Waals surface area contributed by atoms with Gasteiger partial charge in [0.2, 0.25) is 5.91 Å². The van der Waals surface area contributed by atoms with Crippen molar-refractivity contribution < 1.29 is 32.2 Å². The highest BCUT2D eigenvalue weighted by Crippen LogP contribution is 2.53. The van der Waals surface area contributed by atoms with E-state index >= 15 is 0 Å². The molecule has 4 rings (SSSR count). The van der Waals surface area contributed by atoms with Crippen molar-refractivity contribution in [3.05, 3.63) is 42.0 Å². The van der Waals surface area contributed by atoms with Gasteiger partial charge in [0.15, 0.2) is 0 Å². The second kappa shape index (κ2) is 5.08. The first-order chi connectivity index (χ1) is 11.8. The van der Waals surface area contributed by atoms with Gasteiger partial charge in [0.05, 0.1) is 31.2 Å². The Kier molecular flexibility index (Phi) is 3.28. The summed E-state index contributed by atoms with van der Waals surface area (Å²) in [6.07, 6.45) is -1.60.